The summed E-state index contributed by atoms with van der Waals surface area (Å²) in [6.07, 6.45) is 0. The van der Waals surface area contributed by atoms with E-state index in [1.54, 1.807) is 39.1 Å². The Kier molecular flexibility index (Phi) is 5.43. The van der Waals surface area contributed by atoms with Crippen LogP contribution in [0.1, 0.15) is 25.0 Å². The molecule has 1 atom stereocenters. The fourth-order valence-corrected chi connectivity index (χ4v) is 2.81. The molecule has 0 fully saturated rings. The molecule has 1 heterocycles. The first kappa shape index (κ1) is 18.2. The molecule has 0 bridgehead atoms. The van der Waals surface area contributed by atoms with Crippen LogP contribution in [0.5, 0.6) is 0 Å². The number of halogens is 1. The highest BCUT2D eigenvalue weighted by Gasteiger charge is 2.15. The average Bonchev–Trinajstić information content (AvgIpc) is 2.50. The van der Waals surface area contributed by atoms with Crippen molar-refractivity contribution < 1.29 is 8.60 Å². The van der Waals surface area contributed by atoms with Crippen molar-refractivity contribution in [2.45, 2.75) is 32.9 Å². The first-order valence-corrected chi connectivity index (χ1v) is 8.83. The maximum Gasteiger partial charge on any atom is 0.254 e. The van der Waals surface area contributed by atoms with Gasteiger partial charge in [-0.2, -0.15) is 0 Å². The summed E-state index contributed by atoms with van der Waals surface area (Å²) in [5.74, 6) is -0.0543. The Morgan fingerprint density at radius 2 is 1.83 bits per heavy atom. The van der Waals surface area contributed by atoms with E-state index in [4.69, 9.17) is 0 Å². The average molecular weight is 351 g/mol. The van der Waals surface area contributed by atoms with E-state index in [2.05, 4.69) is 10.0 Å². The smallest absolute Gasteiger partial charge is 0.254 e. The summed E-state index contributed by atoms with van der Waals surface area (Å²) >= 11 is 0. The monoisotopic (exact) mass is 351 g/mol. The van der Waals surface area contributed by atoms with Gasteiger partial charge in [0.2, 0.25) is 0 Å². The summed E-state index contributed by atoms with van der Waals surface area (Å²) in [5.41, 5.74) is 1.84. The molecule has 2 rings (SSSR count). The third kappa shape index (κ3) is 3.84. The molecule has 0 aliphatic heterocycles. The van der Waals surface area contributed by atoms with Crippen LogP contribution < -0.4 is 15.6 Å². The predicted molar refractivity (Wildman–Crippen MR) is 97.7 cm³/mol. The zero-order chi connectivity index (χ0) is 18.0. The van der Waals surface area contributed by atoms with Crippen molar-refractivity contribution in [1.82, 2.24) is 4.57 Å². The van der Waals surface area contributed by atoms with Crippen LogP contribution in [0.15, 0.2) is 29.1 Å². The predicted octanol–water partition coefficient (Wildman–Crippen LogP) is 3.37. The van der Waals surface area contributed by atoms with E-state index >= 15 is 0 Å². The number of hydrogen-bond acceptors (Lipinski definition) is 3. The molecule has 2 aromatic rings. The van der Waals surface area contributed by atoms with E-state index in [9.17, 15) is 13.4 Å². The Bertz CT molecular complexity index is 846. The first-order valence-electron chi connectivity index (χ1n) is 7.61. The molecule has 7 heteroatoms. The van der Waals surface area contributed by atoms with Crippen LogP contribution in [0.3, 0.4) is 0 Å². The normalized spacial score (nSPS) is 12.3. The third-order valence-corrected chi connectivity index (χ3v) is 4.89. The minimum Gasteiger partial charge on any atom is -0.337 e. The van der Waals surface area contributed by atoms with E-state index in [0.29, 0.717) is 17.1 Å². The van der Waals surface area contributed by atoms with E-state index in [0.717, 1.165) is 5.56 Å². The topological polar surface area (TPSA) is 63.1 Å². The van der Waals surface area contributed by atoms with Gasteiger partial charge in [0, 0.05) is 17.9 Å². The summed E-state index contributed by atoms with van der Waals surface area (Å²) in [7, 11) is 0.268. The molecule has 24 heavy (non-hydrogen) atoms. The Morgan fingerprint density at radius 1 is 1.17 bits per heavy atom. The summed E-state index contributed by atoms with van der Waals surface area (Å²) < 4.78 is 30.6. The van der Waals surface area contributed by atoms with Crippen molar-refractivity contribution in [2.75, 3.05) is 10.0 Å². The number of rotatable bonds is 5. The molecule has 0 saturated carbocycles. The molecular weight excluding hydrogens is 329 g/mol. The lowest BCUT2D eigenvalue weighted by molar-refractivity contribution is 0.630. The number of pyridine rings is 1. The van der Waals surface area contributed by atoms with E-state index in [1.807, 2.05) is 13.8 Å². The lowest BCUT2D eigenvalue weighted by Gasteiger charge is -2.19. The van der Waals surface area contributed by atoms with E-state index < -0.39 is 16.8 Å². The number of aromatic nitrogens is 1. The second kappa shape index (κ2) is 7.17. The Labute approximate surface area is 143 Å². The number of anilines is 3. The standard InChI is InChI=1S/C17H22FN3O2S/c1-10(2)24(23)20-15-9-12(4)17(22)21(5)16(15)19-14-7-6-11(3)8-13(14)18/h6-10,19-20H,1-5H3. The van der Waals surface area contributed by atoms with Crippen molar-refractivity contribution in [2.24, 2.45) is 7.05 Å². The van der Waals surface area contributed by atoms with Gasteiger partial charge in [-0.25, -0.2) is 8.60 Å². The maximum absolute atomic E-state index is 14.1. The highest BCUT2D eigenvalue weighted by Crippen LogP contribution is 2.27. The Balaban J connectivity index is 2.52. The second-order valence-electron chi connectivity index (χ2n) is 6.01. The van der Waals surface area contributed by atoms with Crippen LogP contribution in [0.4, 0.5) is 21.6 Å². The van der Waals surface area contributed by atoms with Gasteiger partial charge in [0.25, 0.3) is 5.56 Å². The molecule has 0 saturated heterocycles. The van der Waals surface area contributed by atoms with E-state index in [1.165, 1.54) is 10.6 Å². The molecule has 0 aliphatic carbocycles. The molecule has 0 radical (unpaired) electrons. The van der Waals surface area contributed by atoms with Gasteiger partial charge in [-0.1, -0.05) is 6.07 Å². The van der Waals surface area contributed by atoms with Gasteiger partial charge in [-0.05, 0) is 51.5 Å². The second-order valence-corrected chi connectivity index (χ2v) is 7.75. The van der Waals surface area contributed by atoms with Crippen molar-refractivity contribution >= 4 is 28.2 Å². The minimum atomic E-state index is -1.32. The highest BCUT2D eigenvalue weighted by molar-refractivity contribution is 7.86. The van der Waals surface area contributed by atoms with Crippen LogP contribution >= 0.6 is 0 Å². The number of benzene rings is 1. The molecule has 1 aromatic heterocycles. The molecule has 0 spiro atoms. The van der Waals surface area contributed by atoms with E-state index in [-0.39, 0.29) is 16.5 Å². The van der Waals surface area contributed by atoms with Crippen LogP contribution in [0.2, 0.25) is 0 Å². The van der Waals surface area contributed by atoms with Gasteiger partial charge in [-0.3, -0.25) is 9.36 Å². The zero-order valence-corrected chi connectivity index (χ0v) is 15.3. The molecule has 5 nitrogen and oxygen atoms in total. The SMILES string of the molecule is Cc1ccc(Nc2c(NS(=O)C(C)C)cc(C)c(=O)n2C)c(F)c1. The van der Waals surface area contributed by atoms with Crippen LogP contribution in [-0.4, -0.2) is 14.0 Å². The van der Waals surface area contributed by atoms with Crippen molar-refractivity contribution in [3.63, 3.8) is 0 Å². The van der Waals surface area contributed by atoms with Gasteiger partial charge in [0.15, 0.2) is 0 Å². The number of hydrogen-bond donors (Lipinski definition) is 2. The molecule has 0 aliphatic rings. The maximum atomic E-state index is 14.1. The lowest BCUT2D eigenvalue weighted by Crippen LogP contribution is -2.24. The lowest BCUT2D eigenvalue weighted by atomic mass is 10.2. The van der Waals surface area contributed by atoms with Gasteiger partial charge < -0.3 is 10.0 Å². The Morgan fingerprint density at radius 3 is 2.42 bits per heavy atom. The molecule has 1 unspecified atom stereocenters. The summed E-state index contributed by atoms with van der Waals surface area (Å²) in [4.78, 5) is 12.2. The molecular formula is C17H22FN3O2S. The van der Waals surface area contributed by atoms with Gasteiger partial charge >= 0.3 is 0 Å². The summed E-state index contributed by atoms with van der Waals surface area (Å²) in [6, 6.07) is 6.42. The van der Waals surface area contributed by atoms with Crippen LogP contribution in [-0.2, 0) is 18.0 Å². The Hall–Kier alpha value is -2.15. The first-order chi connectivity index (χ1) is 11.2. The fourth-order valence-electron chi connectivity index (χ4n) is 2.20. The van der Waals surface area contributed by atoms with Crippen molar-refractivity contribution in [3.8, 4) is 0 Å². The highest BCUT2D eigenvalue weighted by atomic mass is 32.2. The van der Waals surface area contributed by atoms with Gasteiger partial charge in [-0.15, -0.1) is 0 Å². The number of nitrogens with one attached hydrogen (secondary N) is 2. The largest absolute Gasteiger partial charge is 0.337 e. The quantitative estimate of drug-likeness (QED) is 0.868. The number of aryl methyl sites for hydroxylation is 2. The van der Waals surface area contributed by atoms with Crippen LogP contribution in [0, 0.1) is 19.7 Å². The zero-order valence-electron chi connectivity index (χ0n) is 14.4. The van der Waals surface area contributed by atoms with Crippen molar-refractivity contribution in [3.05, 3.63) is 51.6 Å². The molecule has 1 aromatic carbocycles. The summed E-state index contributed by atoms with van der Waals surface area (Å²) in [5, 5.41) is 2.83. The molecule has 0 amide bonds. The van der Waals surface area contributed by atoms with Gasteiger partial charge in [0.1, 0.15) is 22.6 Å². The number of nitrogens with zero attached hydrogens (tertiary/aromatic N) is 1. The third-order valence-electron chi connectivity index (χ3n) is 3.61. The van der Waals surface area contributed by atoms with Crippen LogP contribution in [0.25, 0.3) is 0 Å². The van der Waals surface area contributed by atoms with Crippen molar-refractivity contribution in [1.29, 1.82) is 0 Å². The minimum absolute atomic E-state index is 0.105. The summed E-state index contributed by atoms with van der Waals surface area (Å²) in [6.45, 7) is 7.13. The van der Waals surface area contributed by atoms with Gasteiger partial charge in [0.05, 0.1) is 11.4 Å². The molecule has 2 N–H and O–H groups in total. The fraction of sp³-hybridized carbons (Fsp3) is 0.353. The molecule has 130 valence electrons.